The van der Waals surface area contributed by atoms with Gasteiger partial charge in [-0.25, -0.2) is 0 Å². The zero-order chi connectivity index (χ0) is 16.5. The van der Waals surface area contributed by atoms with Crippen molar-refractivity contribution in [2.24, 2.45) is 0 Å². The third kappa shape index (κ3) is 2.49. The molecule has 4 rings (SSSR count). The average molecular weight is 338 g/mol. The van der Waals surface area contributed by atoms with Crippen molar-refractivity contribution in [3.63, 3.8) is 0 Å². The van der Waals surface area contributed by atoms with Gasteiger partial charge >= 0.3 is 0 Å². The summed E-state index contributed by atoms with van der Waals surface area (Å²) < 4.78 is 5.33. The van der Waals surface area contributed by atoms with Crippen LogP contribution in [0, 0.1) is 0 Å². The molecule has 0 amide bonds. The molecule has 1 atom stereocenters. The molecule has 0 spiro atoms. The predicted octanol–water partition coefficient (Wildman–Crippen LogP) is 5.41. The molecule has 0 saturated carbocycles. The molecule has 1 unspecified atom stereocenters. The number of benzene rings is 2. The maximum absolute atomic E-state index is 6.25. The molecule has 120 valence electrons. The fourth-order valence-corrected chi connectivity index (χ4v) is 3.46. The second kappa shape index (κ2) is 6.13. The zero-order valence-corrected chi connectivity index (χ0v) is 13.9. The van der Waals surface area contributed by atoms with E-state index in [0.29, 0.717) is 10.9 Å². The number of hydrogen-bond donors (Lipinski definition) is 1. The Labute approximate surface area is 144 Å². The Bertz CT molecular complexity index is 961. The first-order chi connectivity index (χ1) is 11.8. The van der Waals surface area contributed by atoms with E-state index < -0.39 is 0 Å². The molecule has 4 nitrogen and oxygen atoms in total. The number of rotatable bonds is 4. The molecule has 0 bridgehead atoms. The van der Waals surface area contributed by atoms with E-state index in [9.17, 15) is 0 Å². The number of aromatic amines is 1. The fraction of sp³-hybridized carbons (Fsp3) is 0.158. The van der Waals surface area contributed by atoms with E-state index in [0.717, 1.165) is 28.6 Å². The van der Waals surface area contributed by atoms with Gasteiger partial charge in [0.1, 0.15) is 5.69 Å². The fourth-order valence-electron chi connectivity index (χ4n) is 3.29. The third-order valence-corrected chi connectivity index (χ3v) is 4.57. The van der Waals surface area contributed by atoms with Crippen LogP contribution in [0.1, 0.15) is 30.4 Å². The van der Waals surface area contributed by atoms with Crippen molar-refractivity contribution in [2.45, 2.75) is 19.3 Å². The van der Waals surface area contributed by atoms with Crippen LogP contribution in [0.25, 0.3) is 22.5 Å². The lowest BCUT2D eigenvalue weighted by molar-refractivity contribution is 0.428. The van der Waals surface area contributed by atoms with Gasteiger partial charge in [0.2, 0.25) is 0 Å². The van der Waals surface area contributed by atoms with Crippen molar-refractivity contribution >= 4 is 22.5 Å². The van der Waals surface area contributed by atoms with Gasteiger partial charge in [0.25, 0.3) is 5.89 Å². The van der Waals surface area contributed by atoms with Crippen molar-refractivity contribution < 1.29 is 4.52 Å². The molecule has 0 fully saturated rings. The Kier molecular flexibility index (Phi) is 3.82. The van der Waals surface area contributed by atoms with Crippen LogP contribution in [0.4, 0.5) is 0 Å². The van der Waals surface area contributed by atoms with E-state index in [4.69, 9.17) is 16.1 Å². The van der Waals surface area contributed by atoms with Crippen molar-refractivity contribution in [1.82, 2.24) is 15.1 Å². The molecule has 1 N–H and O–H groups in total. The van der Waals surface area contributed by atoms with Gasteiger partial charge in [-0.15, -0.1) is 0 Å². The summed E-state index contributed by atoms with van der Waals surface area (Å²) >= 11 is 6.25. The number of H-pyrrole nitrogens is 1. The molecule has 0 aliphatic rings. The van der Waals surface area contributed by atoms with Crippen LogP contribution in [0.15, 0.2) is 59.4 Å². The zero-order valence-electron chi connectivity index (χ0n) is 13.2. The van der Waals surface area contributed by atoms with Gasteiger partial charge in [-0.1, -0.05) is 54.0 Å². The normalized spacial score (nSPS) is 12.6. The van der Waals surface area contributed by atoms with Crippen molar-refractivity contribution in [3.05, 3.63) is 71.0 Å². The molecule has 0 saturated heterocycles. The van der Waals surface area contributed by atoms with Crippen LogP contribution in [-0.4, -0.2) is 15.1 Å². The largest absolute Gasteiger partial charge is 0.350 e. The van der Waals surface area contributed by atoms with Gasteiger partial charge in [0.05, 0.1) is 0 Å². The molecule has 2 heterocycles. The van der Waals surface area contributed by atoms with Gasteiger partial charge in [-0.3, -0.25) is 0 Å². The number of hydrogen-bond acceptors (Lipinski definition) is 3. The Hall–Kier alpha value is -2.59. The minimum Gasteiger partial charge on any atom is -0.350 e. The van der Waals surface area contributed by atoms with E-state index in [-0.39, 0.29) is 5.92 Å². The lowest BCUT2D eigenvalue weighted by Crippen LogP contribution is -2.01. The Balaban J connectivity index is 2.01. The first-order valence-electron chi connectivity index (χ1n) is 7.91. The molecule has 4 aromatic rings. The minimum absolute atomic E-state index is 0.209. The Morgan fingerprint density at radius 3 is 2.71 bits per heavy atom. The highest BCUT2D eigenvalue weighted by atomic mass is 35.5. The monoisotopic (exact) mass is 337 g/mol. The summed E-state index contributed by atoms with van der Waals surface area (Å²) in [5.41, 5.74) is 4.27. The number of nitrogens with zero attached hydrogens (tertiary/aromatic N) is 2. The molecule has 2 aromatic carbocycles. The summed E-state index contributed by atoms with van der Waals surface area (Å²) in [7, 11) is 0. The molecular weight excluding hydrogens is 322 g/mol. The highest BCUT2D eigenvalue weighted by Crippen LogP contribution is 2.40. The van der Waals surface area contributed by atoms with E-state index in [1.54, 1.807) is 0 Å². The molecule has 0 aliphatic heterocycles. The maximum Gasteiger partial charge on any atom is 0.274 e. The van der Waals surface area contributed by atoms with Crippen molar-refractivity contribution in [2.75, 3.05) is 0 Å². The molecule has 24 heavy (non-hydrogen) atoms. The van der Waals surface area contributed by atoms with Crippen LogP contribution in [0.2, 0.25) is 5.02 Å². The molecule has 0 aliphatic carbocycles. The van der Waals surface area contributed by atoms with Crippen molar-refractivity contribution in [1.29, 1.82) is 0 Å². The van der Waals surface area contributed by atoms with Crippen LogP contribution < -0.4 is 0 Å². The van der Waals surface area contributed by atoms with Gasteiger partial charge in [0, 0.05) is 21.8 Å². The molecule has 0 radical (unpaired) electrons. The van der Waals surface area contributed by atoms with Crippen LogP contribution in [-0.2, 0) is 0 Å². The van der Waals surface area contributed by atoms with E-state index in [1.807, 2.05) is 24.3 Å². The number of fused-ring (bicyclic) bond motifs is 1. The van der Waals surface area contributed by atoms with E-state index >= 15 is 0 Å². The lowest BCUT2D eigenvalue weighted by Gasteiger charge is -2.16. The highest BCUT2D eigenvalue weighted by molar-refractivity contribution is 6.31. The minimum atomic E-state index is 0.209. The van der Waals surface area contributed by atoms with E-state index in [2.05, 4.69) is 46.3 Å². The second-order valence-corrected chi connectivity index (χ2v) is 6.16. The maximum atomic E-state index is 6.25. The predicted molar refractivity (Wildman–Crippen MR) is 95.2 cm³/mol. The third-order valence-electron chi connectivity index (χ3n) is 4.33. The topological polar surface area (TPSA) is 54.7 Å². The van der Waals surface area contributed by atoms with Gasteiger partial charge in [-0.2, -0.15) is 4.98 Å². The van der Waals surface area contributed by atoms with Crippen LogP contribution >= 0.6 is 11.6 Å². The SMILES string of the molecule is CCC(c1ccccc1)c1c(-c2ncno2)[nH]c2ccc(Cl)cc12. The summed E-state index contributed by atoms with van der Waals surface area (Å²) in [6.07, 6.45) is 2.37. The summed E-state index contributed by atoms with van der Waals surface area (Å²) in [5.74, 6) is 0.701. The van der Waals surface area contributed by atoms with Gasteiger partial charge in [0.15, 0.2) is 6.33 Å². The highest BCUT2D eigenvalue weighted by Gasteiger charge is 2.24. The summed E-state index contributed by atoms with van der Waals surface area (Å²) in [4.78, 5) is 7.66. The first-order valence-corrected chi connectivity index (χ1v) is 8.29. The number of halogens is 1. The van der Waals surface area contributed by atoms with Crippen molar-refractivity contribution in [3.8, 4) is 11.6 Å². The van der Waals surface area contributed by atoms with E-state index in [1.165, 1.54) is 11.9 Å². The second-order valence-electron chi connectivity index (χ2n) is 5.72. The molecule has 2 aromatic heterocycles. The molecular formula is C19H16ClN3O. The standard InChI is InChI=1S/C19H16ClN3O/c1-2-14(12-6-4-3-5-7-12)17-15-10-13(20)8-9-16(15)23-18(17)19-21-11-22-24-19/h3-11,14,23H,2H2,1H3. The lowest BCUT2D eigenvalue weighted by atomic mass is 9.87. The number of nitrogens with one attached hydrogen (secondary N) is 1. The summed E-state index contributed by atoms with van der Waals surface area (Å²) in [6.45, 7) is 2.18. The first kappa shape index (κ1) is 15.0. The smallest absolute Gasteiger partial charge is 0.274 e. The molecule has 5 heteroatoms. The van der Waals surface area contributed by atoms with Gasteiger partial charge < -0.3 is 9.51 Å². The summed E-state index contributed by atoms with van der Waals surface area (Å²) in [5, 5.41) is 5.55. The quantitative estimate of drug-likeness (QED) is 0.541. The van der Waals surface area contributed by atoms with Crippen LogP contribution in [0.5, 0.6) is 0 Å². The Morgan fingerprint density at radius 2 is 2.00 bits per heavy atom. The Morgan fingerprint density at radius 1 is 1.17 bits per heavy atom. The number of aromatic nitrogens is 3. The van der Waals surface area contributed by atoms with Crippen LogP contribution in [0.3, 0.4) is 0 Å². The summed E-state index contributed by atoms with van der Waals surface area (Å²) in [6, 6.07) is 16.3. The van der Waals surface area contributed by atoms with Gasteiger partial charge in [-0.05, 0) is 35.7 Å². The average Bonchev–Trinajstić information content (AvgIpc) is 3.25.